The standard InChI is InChI=1S/C15H17ClN4O/c1-3-8-17-15(21)13-6-7-14(20-19-13)18-11-5-4-10(2)12(16)9-11/h4-7,9H,3,8H2,1-2H3,(H,17,21)(H,18,20). The number of halogens is 1. The van der Waals surface area contributed by atoms with E-state index in [0.29, 0.717) is 23.1 Å². The Kier molecular flexibility index (Phi) is 5.11. The van der Waals surface area contributed by atoms with Crippen molar-refractivity contribution in [1.82, 2.24) is 15.5 Å². The molecule has 0 fully saturated rings. The summed E-state index contributed by atoms with van der Waals surface area (Å²) >= 11 is 6.07. The van der Waals surface area contributed by atoms with Gasteiger partial charge < -0.3 is 10.6 Å². The third-order valence-electron chi connectivity index (χ3n) is 2.88. The molecular weight excluding hydrogens is 288 g/mol. The number of benzene rings is 1. The number of hydrogen-bond donors (Lipinski definition) is 2. The predicted molar refractivity (Wildman–Crippen MR) is 84.1 cm³/mol. The lowest BCUT2D eigenvalue weighted by molar-refractivity contribution is 0.0947. The fraction of sp³-hybridized carbons (Fsp3) is 0.267. The molecule has 1 amide bonds. The van der Waals surface area contributed by atoms with Crippen molar-refractivity contribution >= 4 is 29.0 Å². The maximum atomic E-state index is 11.7. The van der Waals surface area contributed by atoms with Gasteiger partial charge in [-0.25, -0.2) is 0 Å². The van der Waals surface area contributed by atoms with E-state index in [-0.39, 0.29) is 5.91 Å². The van der Waals surface area contributed by atoms with E-state index in [9.17, 15) is 4.79 Å². The Morgan fingerprint density at radius 2 is 2.05 bits per heavy atom. The number of rotatable bonds is 5. The maximum absolute atomic E-state index is 11.7. The van der Waals surface area contributed by atoms with E-state index >= 15 is 0 Å². The molecule has 0 aliphatic heterocycles. The van der Waals surface area contributed by atoms with Crippen LogP contribution >= 0.6 is 11.6 Å². The van der Waals surface area contributed by atoms with Crippen LogP contribution < -0.4 is 10.6 Å². The fourth-order valence-corrected chi connectivity index (χ4v) is 1.85. The summed E-state index contributed by atoms with van der Waals surface area (Å²) < 4.78 is 0. The zero-order valence-electron chi connectivity index (χ0n) is 12.0. The van der Waals surface area contributed by atoms with E-state index in [1.165, 1.54) is 0 Å². The summed E-state index contributed by atoms with van der Waals surface area (Å²) in [4.78, 5) is 11.7. The quantitative estimate of drug-likeness (QED) is 0.889. The molecule has 2 N–H and O–H groups in total. The van der Waals surface area contributed by atoms with Crippen LogP contribution in [0.5, 0.6) is 0 Å². The highest BCUT2D eigenvalue weighted by Crippen LogP contribution is 2.22. The van der Waals surface area contributed by atoms with E-state index in [1.54, 1.807) is 12.1 Å². The molecule has 0 bridgehead atoms. The van der Waals surface area contributed by atoms with Gasteiger partial charge in [0.25, 0.3) is 5.91 Å². The first-order valence-corrected chi connectivity index (χ1v) is 7.13. The Morgan fingerprint density at radius 3 is 2.67 bits per heavy atom. The Labute approximate surface area is 128 Å². The van der Waals surface area contributed by atoms with Crippen molar-refractivity contribution in [2.24, 2.45) is 0 Å². The number of nitrogens with zero attached hydrogens (tertiary/aromatic N) is 2. The molecule has 2 aromatic rings. The second-order valence-electron chi connectivity index (χ2n) is 4.65. The van der Waals surface area contributed by atoms with Gasteiger partial charge in [0, 0.05) is 17.3 Å². The van der Waals surface area contributed by atoms with E-state index in [4.69, 9.17) is 11.6 Å². The van der Waals surface area contributed by atoms with E-state index in [1.807, 2.05) is 32.0 Å². The minimum atomic E-state index is -0.214. The van der Waals surface area contributed by atoms with Gasteiger partial charge in [0.1, 0.15) is 0 Å². The molecule has 1 aromatic heterocycles. The third kappa shape index (κ3) is 4.16. The molecule has 0 aliphatic carbocycles. The van der Waals surface area contributed by atoms with Crippen LogP contribution in [-0.4, -0.2) is 22.6 Å². The second kappa shape index (κ2) is 7.04. The van der Waals surface area contributed by atoms with Gasteiger partial charge in [-0.3, -0.25) is 4.79 Å². The van der Waals surface area contributed by atoms with Crippen molar-refractivity contribution in [3.63, 3.8) is 0 Å². The van der Waals surface area contributed by atoms with Gasteiger partial charge in [0.15, 0.2) is 11.5 Å². The normalized spacial score (nSPS) is 10.2. The third-order valence-corrected chi connectivity index (χ3v) is 3.28. The number of carbonyl (C=O) groups is 1. The molecule has 0 atom stereocenters. The number of aryl methyl sites for hydroxylation is 1. The average molecular weight is 305 g/mol. The van der Waals surface area contributed by atoms with Gasteiger partial charge >= 0.3 is 0 Å². The van der Waals surface area contributed by atoms with E-state index < -0.39 is 0 Å². The molecule has 0 spiro atoms. The molecule has 0 aliphatic rings. The van der Waals surface area contributed by atoms with Gasteiger partial charge in [0.05, 0.1) is 0 Å². The summed E-state index contributed by atoms with van der Waals surface area (Å²) in [5, 5.41) is 14.4. The topological polar surface area (TPSA) is 66.9 Å². The summed E-state index contributed by atoms with van der Waals surface area (Å²) in [6.45, 7) is 4.56. The summed E-state index contributed by atoms with van der Waals surface area (Å²) in [7, 11) is 0. The molecule has 0 unspecified atom stereocenters. The van der Waals surface area contributed by atoms with Crippen LogP contribution in [0.25, 0.3) is 0 Å². The summed E-state index contributed by atoms with van der Waals surface area (Å²) in [5.74, 6) is 0.344. The molecule has 21 heavy (non-hydrogen) atoms. The van der Waals surface area contributed by atoms with Crippen molar-refractivity contribution in [3.8, 4) is 0 Å². The van der Waals surface area contributed by atoms with Gasteiger partial charge in [-0.1, -0.05) is 24.6 Å². The molecule has 0 saturated heterocycles. The number of anilines is 2. The van der Waals surface area contributed by atoms with E-state index in [2.05, 4.69) is 20.8 Å². The minimum absolute atomic E-state index is 0.214. The lowest BCUT2D eigenvalue weighted by Gasteiger charge is -2.07. The monoisotopic (exact) mass is 304 g/mol. The van der Waals surface area contributed by atoms with Crippen molar-refractivity contribution < 1.29 is 4.79 Å². The highest BCUT2D eigenvalue weighted by Gasteiger charge is 2.07. The minimum Gasteiger partial charge on any atom is -0.351 e. The van der Waals surface area contributed by atoms with Crippen LogP contribution in [0.15, 0.2) is 30.3 Å². The SMILES string of the molecule is CCCNC(=O)c1ccc(Nc2ccc(C)c(Cl)c2)nn1. The predicted octanol–water partition coefficient (Wildman–Crippen LogP) is 3.32. The number of amides is 1. The maximum Gasteiger partial charge on any atom is 0.271 e. The van der Waals surface area contributed by atoms with Crippen LogP contribution in [0.2, 0.25) is 5.02 Å². The second-order valence-corrected chi connectivity index (χ2v) is 5.06. The van der Waals surface area contributed by atoms with Crippen molar-refractivity contribution in [3.05, 3.63) is 46.6 Å². The van der Waals surface area contributed by atoms with Gasteiger partial charge in [-0.15, -0.1) is 10.2 Å². The fourth-order valence-electron chi connectivity index (χ4n) is 1.67. The largest absolute Gasteiger partial charge is 0.351 e. The lowest BCUT2D eigenvalue weighted by atomic mass is 10.2. The molecule has 1 heterocycles. The van der Waals surface area contributed by atoms with Crippen molar-refractivity contribution in [2.75, 3.05) is 11.9 Å². The van der Waals surface area contributed by atoms with Gasteiger partial charge in [0.2, 0.25) is 0 Å². The Bertz CT molecular complexity index is 628. The molecule has 6 heteroatoms. The van der Waals surface area contributed by atoms with Crippen molar-refractivity contribution in [2.45, 2.75) is 20.3 Å². The molecule has 2 rings (SSSR count). The molecule has 1 aromatic carbocycles. The zero-order valence-corrected chi connectivity index (χ0v) is 12.7. The summed E-state index contributed by atoms with van der Waals surface area (Å²) in [6.07, 6.45) is 0.882. The van der Waals surface area contributed by atoms with Crippen LogP contribution in [0.3, 0.4) is 0 Å². The Balaban J connectivity index is 2.05. The zero-order chi connectivity index (χ0) is 15.2. The van der Waals surface area contributed by atoms with E-state index in [0.717, 1.165) is 17.7 Å². The number of aromatic nitrogens is 2. The first-order valence-electron chi connectivity index (χ1n) is 6.75. The molecule has 110 valence electrons. The van der Waals surface area contributed by atoms with Crippen LogP contribution in [0, 0.1) is 6.92 Å². The highest BCUT2D eigenvalue weighted by molar-refractivity contribution is 6.31. The van der Waals surface area contributed by atoms with Gasteiger partial charge in [-0.2, -0.15) is 0 Å². The number of hydrogen-bond acceptors (Lipinski definition) is 4. The Hall–Kier alpha value is -2.14. The molecule has 5 nitrogen and oxygen atoms in total. The lowest BCUT2D eigenvalue weighted by Crippen LogP contribution is -2.25. The molecule has 0 radical (unpaired) electrons. The smallest absolute Gasteiger partial charge is 0.271 e. The van der Waals surface area contributed by atoms with Crippen LogP contribution in [0.4, 0.5) is 11.5 Å². The number of nitrogens with one attached hydrogen (secondary N) is 2. The number of carbonyl (C=O) groups excluding carboxylic acids is 1. The highest BCUT2D eigenvalue weighted by atomic mass is 35.5. The average Bonchev–Trinajstić information content (AvgIpc) is 2.49. The molecular formula is C15H17ClN4O. The first kappa shape index (κ1) is 15.3. The van der Waals surface area contributed by atoms with Crippen LogP contribution in [-0.2, 0) is 0 Å². The van der Waals surface area contributed by atoms with Gasteiger partial charge in [-0.05, 0) is 43.2 Å². The Morgan fingerprint density at radius 1 is 1.24 bits per heavy atom. The molecule has 0 saturated carbocycles. The summed E-state index contributed by atoms with van der Waals surface area (Å²) in [5.41, 5.74) is 2.13. The first-order chi connectivity index (χ1) is 10.1. The van der Waals surface area contributed by atoms with Crippen molar-refractivity contribution in [1.29, 1.82) is 0 Å². The summed E-state index contributed by atoms with van der Waals surface area (Å²) in [6, 6.07) is 8.99. The van der Waals surface area contributed by atoms with Crippen LogP contribution in [0.1, 0.15) is 29.4 Å².